The molecule has 4 nitrogen and oxygen atoms in total. The Hall–Kier alpha value is -3.12. The number of carbonyl (C=O) groups is 1. The van der Waals surface area contributed by atoms with Crippen LogP contribution in [-0.4, -0.2) is 15.9 Å². The zero-order valence-electron chi connectivity index (χ0n) is 17.1. The van der Waals surface area contributed by atoms with Gasteiger partial charge in [0, 0.05) is 11.8 Å². The van der Waals surface area contributed by atoms with Crippen molar-refractivity contribution < 1.29 is 9.18 Å². The highest BCUT2D eigenvalue weighted by Crippen LogP contribution is 2.31. The van der Waals surface area contributed by atoms with E-state index in [1.807, 2.05) is 42.5 Å². The van der Waals surface area contributed by atoms with Gasteiger partial charge in [0.25, 0.3) is 5.91 Å². The number of hydrogen-bond donors (Lipinski definition) is 0. The van der Waals surface area contributed by atoms with Gasteiger partial charge in [-0.3, -0.25) is 14.7 Å². The number of fused-ring (bicyclic) bond motifs is 1. The first-order valence-corrected chi connectivity index (χ1v) is 10.5. The van der Waals surface area contributed by atoms with Crippen LogP contribution >= 0.6 is 11.3 Å². The molecule has 0 aliphatic rings. The average Bonchev–Trinajstić information content (AvgIpc) is 3.14. The highest BCUT2D eigenvalue weighted by atomic mass is 32.1. The van der Waals surface area contributed by atoms with Crippen LogP contribution in [0, 0.1) is 5.82 Å². The summed E-state index contributed by atoms with van der Waals surface area (Å²) in [5.41, 5.74) is 3.16. The van der Waals surface area contributed by atoms with E-state index < -0.39 is 0 Å². The molecule has 152 valence electrons. The summed E-state index contributed by atoms with van der Waals surface area (Å²) in [4.78, 5) is 24.0. The van der Waals surface area contributed by atoms with E-state index >= 15 is 0 Å². The first-order valence-electron chi connectivity index (χ1n) is 9.70. The molecule has 0 N–H and O–H groups in total. The van der Waals surface area contributed by atoms with Gasteiger partial charge < -0.3 is 0 Å². The lowest BCUT2D eigenvalue weighted by molar-refractivity contribution is 0.0984. The van der Waals surface area contributed by atoms with Crippen molar-refractivity contribution >= 4 is 32.6 Å². The molecule has 0 saturated carbocycles. The van der Waals surface area contributed by atoms with Crippen molar-refractivity contribution in [3.05, 3.63) is 89.5 Å². The number of hydrogen-bond acceptors (Lipinski definition) is 4. The minimum Gasteiger partial charge on any atom is -0.278 e. The van der Waals surface area contributed by atoms with Crippen molar-refractivity contribution in [1.29, 1.82) is 0 Å². The van der Waals surface area contributed by atoms with Crippen LogP contribution in [0.2, 0.25) is 0 Å². The summed E-state index contributed by atoms with van der Waals surface area (Å²) in [5.74, 6) is -0.487. The van der Waals surface area contributed by atoms with Gasteiger partial charge in [-0.25, -0.2) is 9.37 Å². The Kier molecular flexibility index (Phi) is 5.35. The van der Waals surface area contributed by atoms with Crippen molar-refractivity contribution in [1.82, 2.24) is 9.97 Å². The Morgan fingerprint density at radius 3 is 2.50 bits per heavy atom. The minimum absolute atomic E-state index is 0.00628. The molecular formula is C24H22FN3OS. The highest BCUT2D eigenvalue weighted by molar-refractivity contribution is 7.22. The van der Waals surface area contributed by atoms with Crippen LogP contribution in [0.25, 0.3) is 10.2 Å². The standard InChI is InChI=1S/C24H22FN3OS/c1-24(2,3)17-9-7-16(8-10-17)22(29)28(15-19-6-4-5-13-26-19)23-27-20-12-11-18(25)14-21(20)30-23/h4-14H,15H2,1-3H3. The Bertz CT molecular complexity index is 1180. The fourth-order valence-electron chi connectivity index (χ4n) is 3.15. The number of anilines is 1. The van der Waals surface area contributed by atoms with Gasteiger partial charge in [0.1, 0.15) is 5.82 Å². The van der Waals surface area contributed by atoms with Gasteiger partial charge in [-0.15, -0.1) is 0 Å². The van der Waals surface area contributed by atoms with Gasteiger partial charge in [-0.1, -0.05) is 50.3 Å². The maximum absolute atomic E-state index is 13.6. The Labute approximate surface area is 179 Å². The number of benzene rings is 2. The summed E-state index contributed by atoms with van der Waals surface area (Å²) >= 11 is 1.30. The number of halogens is 1. The molecule has 0 aliphatic heterocycles. The summed E-state index contributed by atoms with van der Waals surface area (Å²) in [5, 5.41) is 0.520. The molecule has 2 heterocycles. The summed E-state index contributed by atoms with van der Waals surface area (Å²) in [6, 6.07) is 17.7. The van der Waals surface area contributed by atoms with E-state index in [4.69, 9.17) is 0 Å². The van der Waals surface area contributed by atoms with Crippen LogP contribution in [0.15, 0.2) is 66.9 Å². The second-order valence-electron chi connectivity index (χ2n) is 8.15. The van der Waals surface area contributed by atoms with E-state index in [2.05, 4.69) is 30.7 Å². The van der Waals surface area contributed by atoms with E-state index in [9.17, 15) is 9.18 Å². The molecule has 6 heteroatoms. The van der Waals surface area contributed by atoms with Gasteiger partial charge in [-0.2, -0.15) is 0 Å². The maximum Gasteiger partial charge on any atom is 0.260 e. The molecule has 2 aromatic heterocycles. The van der Waals surface area contributed by atoms with Crippen LogP contribution < -0.4 is 4.90 Å². The normalized spacial score (nSPS) is 11.6. The van der Waals surface area contributed by atoms with Crippen LogP contribution in [0.3, 0.4) is 0 Å². The lowest BCUT2D eigenvalue weighted by Crippen LogP contribution is -2.30. The molecule has 1 amide bonds. The Morgan fingerprint density at radius 2 is 1.83 bits per heavy atom. The highest BCUT2D eigenvalue weighted by Gasteiger charge is 2.23. The molecule has 0 radical (unpaired) electrons. The molecular weight excluding hydrogens is 397 g/mol. The number of nitrogens with zero attached hydrogens (tertiary/aromatic N) is 3. The van der Waals surface area contributed by atoms with Crippen molar-refractivity contribution in [3.63, 3.8) is 0 Å². The number of thiazole rings is 1. The van der Waals surface area contributed by atoms with Crippen molar-refractivity contribution in [2.45, 2.75) is 32.7 Å². The Morgan fingerprint density at radius 1 is 1.07 bits per heavy atom. The summed E-state index contributed by atoms with van der Waals surface area (Å²) in [7, 11) is 0. The lowest BCUT2D eigenvalue weighted by Gasteiger charge is -2.21. The molecule has 30 heavy (non-hydrogen) atoms. The van der Waals surface area contributed by atoms with E-state index in [-0.39, 0.29) is 23.7 Å². The molecule has 0 bridgehead atoms. The zero-order chi connectivity index (χ0) is 21.3. The van der Waals surface area contributed by atoms with Gasteiger partial charge in [-0.05, 0) is 53.4 Å². The monoisotopic (exact) mass is 419 g/mol. The lowest BCUT2D eigenvalue weighted by atomic mass is 9.86. The zero-order valence-corrected chi connectivity index (χ0v) is 17.9. The van der Waals surface area contributed by atoms with Crippen LogP contribution in [-0.2, 0) is 12.0 Å². The third-order valence-electron chi connectivity index (χ3n) is 4.86. The number of rotatable bonds is 4. The van der Waals surface area contributed by atoms with E-state index in [1.54, 1.807) is 17.2 Å². The number of carbonyl (C=O) groups excluding carboxylic acids is 1. The predicted octanol–water partition coefficient (Wildman–Crippen LogP) is 5.97. The van der Waals surface area contributed by atoms with Crippen LogP contribution in [0.1, 0.15) is 42.4 Å². The molecule has 0 unspecified atom stereocenters. The SMILES string of the molecule is CC(C)(C)c1ccc(C(=O)N(Cc2ccccn2)c2nc3ccc(F)cc3s2)cc1. The molecule has 0 saturated heterocycles. The second-order valence-corrected chi connectivity index (χ2v) is 9.16. The fraction of sp³-hybridized carbons (Fsp3) is 0.208. The van der Waals surface area contributed by atoms with Crippen molar-refractivity contribution in [2.24, 2.45) is 0 Å². The molecule has 0 atom stereocenters. The molecule has 4 rings (SSSR count). The molecule has 0 fully saturated rings. The topological polar surface area (TPSA) is 46.1 Å². The summed E-state index contributed by atoms with van der Waals surface area (Å²) in [6.07, 6.45) is 1.70. The molecule has 2 aromatic carbocycles. The minimum atomic E-state index is -0.321. The van der Waals surface area contributed by atoms with Gasteiger partial charge >= 0.3 is 0 Å². The van der Waals surface area contributed by atoms with Gasteiger partial charge in [0.2, 0.25) is 0 Å². The first-order chi connectivity index (χ1) is 14.3. The van der Waals surface area contributed by atoms with Crippen LogP contribution in [0.5, 0.6) is 0 Å². The number of pyridine rings is 1. The maximum atomic E-state index is 13.6. The van der Waals surface area contributed by atoms with E-state index in [0.717, 1.165) is 11.3 Å². The third-order valence-corrected chi connectivity index (χ3v) is 5.90. The van der Waals surface area contributed by atoms with E-state index in [1.165, 1.54) is 23.5 Å². The number of aromatic nitrogens is 2. The Balaban J connectivity index is 1.73. The first kappa shape index (κ1) is 20.2. The fourth-order valence-corrected chi connectivity index (χ4v) is 4.14. The van der Waals surface area contributed by atoms with Crippen LogP contribution in [0.4, 0.5) is 9.52 Å². The third kappa shape index (κ3) is 4.24. The van der Waals surface area contributed by atoms with E-state index in [0.29, 0.717) is 20.9 Å². The second kappa shape index (κ2) is 7.95. The van der Waals surface area contributed by atoms with Crippen molar-refractivity contribution in [2.75, 3.05) is 4.90 Å². The predicted molar refractivity (Wildman–Crippen MR) is 119 cm³/mol. The van der Waals surface area contributed by atoms with Crippen molar-refractivity contribution in [3.8, 4) is 0 Å². The summed E-state index contributed by atoms with van der Waals surface area (Å²) in [6.45, 7) is 6.69. The largest absolute Gasteiger partial charge is 0.278 e. The molecule has 4 aromatic rings. The number of amides is 1. The van der Waals surface area contributed by atoms with Gasteiger partial charge in [0.05, 0.1) is 22.5 Å². The average molecular weight is 420 g/mol. The molecule has 0 aliphatic carbocycles. The quantitative estimate of drug-likeness (QED) is 0.409. The smallest absolute Gasteiger partial charge is 0.260 e. The van der Waals surface area contributed by atoms with Gasteiger partial charge in [0.15, 0.2) is 5.13 Å². The molecule has 0 spiro atoms. The summed E-state index contributed by atoms with van der Waals surface area (Å²) < 4.78 is 14.3.